The summed E-state index contributed by atoms with van der Waals surface area (Å²) in [7, 11) is 0. The van der Waals surface area contributed by atoms with E-state index in [1.54, 1.807) is 0 Å². The summed E-state index contributed by atoms with van der Waals surface area (Å²) in [5.41, 5.74) is 0.158. The highest BCUT2D eigenvalue weighted by molar-refractivity contribution is 4.91. The van der Waals surface area contributed by atoms with E-state index in [0.29, 0.717) is 0 Å². The van der Waals surface area contributed by atoms with Gasteiger partial charge in [0.05, 0.1) is 26.4 Å². The first-order valence-electron chi connectivity index (χ1n) is 8.18. The zero-order chi connectivity index (χ0) is 14.3. The van der Waals surface area contributed by atoms with Crippen LogP contribution in [0, 0.1) is 5.41 Å². The van der Waals surface area contributed by atoms with Crippen molar-refractivity contribution in [2.24, 2.45) is 5.41 Å². The van der Waals surface area contributed by atoms with Crippen LogP contribution < -0.4 is 0 Å². The molecule has 118 valence electrons. The van der Waals surface area contributed by atoms with Crippen LogP contribution >= 0.6 is 0 Å². The molecule has 1 heterocycles. The van der Waals surface area contributed by atoms with Crippen molar-refractivity contribution in [3.8, 4) is 0 Å². The summed E-state index contributed by atoms with van der Waals surface area (Å²) in [6, 6.07) is 0. The van der Waals surface area contributed by atoms with Crippen molar-refractivity contribution < 1.29 is 18.9 Å². The van der Waals surface area contributed by atoms with Gasteiger partial charge in [-0.1, -0.05) is 13.8 Å². The molecule has 0 aromatic rings. The third kappa shape index (κ3) is 4.17. The second-order valence-electron chi connectivity index (χ2n) is 6.21. The lowest BCUT2D eigenvalue weighted by molar-refractivity contribution is -0.201. The molecule has 0 atom stereocenters. The van der Waals surface area contributed by atoms with E-state index < -0.39 is 0 Å². The van der Waals surface area contributed by atoms with Gasteiger partial charge < -0.3 is 18.9 Å². The number of hydrogen-bond acceptors (Lipinski definition) is 4. The zero-order valence-corrected chi connectivity index (χ0v) is 13.1. The molecule has 2 rings (SSSR count). The number of rotatable bonds is 8. The van der Waals surface area contributed by atoms with E-state index in [1.807, 2.05) is 0 Å². The number of ether oxygens (including phenoxy) is 4. The second-order valence-corrected chi connectivity index (χ2v) is 6.21. The molecule has 0 bridgehead atoms. The molecule has 0 radical (unpaired) electrons. The summed E-state index contributed by atoms with van der Waals surface area (Å²) >= 11 is 0. The Morgan fingerprint density at radius 3 is 1.75 bits per heavy atom. The maximum Gasteiger partial charge on any atom is 0.168 e. The van der Waals surface area contributed by atoms with E-state index in [4.69, 9.17) is 18.9 Å². The van der Waals surface area contributed by atoms with Crippen LogP contribution in [0.3, 0.4) is 0 Å². The molecule has 0 unspecified atom stereocenters. The Labute approximate surface area is 123 Å². The van der Waals surface area contributed by atoms with Crippen molar-refractivity contribution in [2.75, 3.05) is 39.6 Å². The van der Waals surface area contributed by atoms with E-state index >= 15 is 0 Å². The Bertz CT molecular complexity index is 252. The lowest BCUT2D eigenvalue weighted by Crippen LogP contribution is -2.44. The molecule has 1 aliphatic heterocycles. The maximum atomic E-state index is 5.85. The predicted octanol–water partition coefficient (Wildman–Crippen LogP) is 3.14. The lowest BCUT2D eigenvalue weighted by atomic mass is 9.73. The zero-order valence-electron chi connectivity index (χ0n) is 13.1. The van der Waals surface area contributed by atoms with Crippen molar-refractivity contribution in [3.05, 3.63) is 0 Å². The van der Waals surface area contributed by atoms with Gasteiger partial charge >= 0.3 is 0 Å². The van der Waals surface area contributed by atoms with E-state index in [0.717, 1.165) is 78.2 Å². The van der Waals surface area contributed by atoms with E-state index in [-0.39, 0.29) is 11.2 Å². The maximum absolute atomic E-state index is 5.85. The lowest BCUT2D eigenvalue weighted by Gasteiger charge is -2.43. The topological polar surface area (TPSA) is 36.9 Å². The summed E-state index contributed by atoms with van der Waals surface area (Å²) in [5.74, 6) is -0.293. The largest absolute Gasteiger partial charge is 0.381 e. The Morgan fingerprint density at radius 2 is 1.30 bits per heavy atom. The summed E-state index contributed by atoms with van der Waals surface area (Å²) in [4.78, 5) is 0. The molecule has 0 aromatic carbocycles. The molecule has 4 heteroatoms. The molecular formula is C16H30O4. The number of hydrogen-bond donors (Lipinski definition) is 0. The van der Waals surface area contributed by atoms with E-state index in [1.165, 1.54) is 0 Å². The van der Waals surface area contributed by atoms with Crippen LogP contribution in [0.5, 0.6) is 0 Å². The van der Waals surface area contributed by atoms with Gasteiger partial charge in [0.1, 0.15) is 0 Å². The van der Waals surface area contributed by atoms with Crippen molar-refractivity contribution in [3.63, 3.8) is 0 Å². The summed E-state index contributed by atoms with van der Waals surface area (Å²) in [6.07, 6.45) is 6.22. The van der Waals surface area contributed by atoms with Crippen LogP contribution in [-0.4, -0.2) is 45.4 Å². The smallest absolute Gasteiger partial charge is 0.168 e. The van der Waals surface area contributed by atoms with Gasteiger partial charge in [0.2, 0.25) is 0 Å². The Kier molecular flexibility index (Phi) is 6.27. The van der Waals surface area contributed by atoms with Crippen molar-refractivity contribution in [2.45, 2.75) is 58.2 Å². The summed E-state index contributed by atoms with van der Waals surface area (Å²) in [5, 5.41) is 0. The van der Waals surface area contributed by atoms with Gasteiger partial charge in [0.25, 0.3) is 0 Å². The fraction of sp³-hybridized carbons (Fsp3) is 1.00. The fourth-order valence-corrected chi connectivity index (χ4v) is 3.14. The Morgan fingerprint density at radius 1 is 0.800 bits per heavy atom. The first kappa shape index (κ1) is 16.2. The molecular weight excluding hydrogens is 256 g/mol. The molecule has 1 saturated carbocycles. The van der Waals surface area contributed by atoms with Crippen molar-refractivity contribution in [1.29, 1.82) is 0 Å². The molecule has 1 spiro atoms. The normalized spacial score (nSPS) is 24.3. The summed E-state index contributed by atoms with van der Waals surface area (Å²) < 4.78 is 23.3. The molecule has 2 aliphatic rings. The average molecular weight is 286 g/mol. The Hall–Kier alpha value is -0.160. The average Bonchev–Trinajstić information content (AvgIpc) is 2.92. The fourth-order valence-electron chi connectivity index (χ4n) is 3.14. The van der Waals surface area contributed by atoms with Crippen LogP contribution in [0.2, 0.25) is 0 Å². The highest BCUT2D eigenvalue weighted by Crippen LogP contribution is 2.45. The van der Waals surface area contributed by atoms with Gasteiger partial charge in [-0.15, -0.1) is 0 Å². The van der Waals surface area contributed by atoms with Gasteiger partial charge in [-0.05, 0) is 25.7 Å². The quantitative estimate of drug-likeness (QED) is 0.642. The van der Waals surface area contributed by atoms with Crippen LogP contribution in [0.25, 0.3) is 0 Å². The van der Waals surface area contributed by atoms with Crippen LogP contribution in [0.15, 0.2) is 0 Å². The molecule has 0 amide bonds. The monoisotopic (exact) mass is 286 g/mol. The minimum absolute atomic E-state index is 0.158. The molecule has 2 fully saturated rings. The second kappa shape index (κ2) is 7.74. The third-order valence-electron chi connectivity index (χ3n) is 4.40. The highest BCUT2D eigenvalue weighted by atomic mass is 16.7. The first-order chi connectivity index (χ1) is 9.74. The molecule has 20 heavy (non-hydrogen) atoms. The van der Waals surface area contributed by atoms with Gasteiger partial charge in [-0.3, -0.25) is 0 Å². The van der Waals surface area contributed by atoms with Gasteiger partial charge in [-0.2, -0.15) is 0 Å². The highest BCUT2D eigenvalue weighted by Gasteiger charge is 2.46. The van der Waals surface area contributed by atoms with Gasteiger partial charge in [0, 0.05) is 31.5 Å². The van der Waals surface area contributed by atoms with E-state index in [9.17, 15) is 0 Å². The molecule has 4 nitrogen and oxygen atoms in total. The van der Waals surface area contributed by atoms with Crippen LogP contribution in [0.1, 0.15) is 52.4 Å². The summed E-state index contributed by atoms with van der Waals surface area (Å²) in [6.45, 7) is 9.08. The predicted molar refractivity (Wildman–Crippen MR) is 77.8 cm³/mol. The molecule has 0 aromatic heterocycles. The van der Waals surface area contributed by atoms with Crippen molar-refractivity contribution in [1.82, 2.24) is 0 Å². The third-order valence-corrected chi connectivity index (χ3v) is 4.40. The van der Waals surface area contributed by atoms with Crippen LogP contribution in [0.4, 0.5) is 0 Å². The molecule has 0 N–H and O–H groups in total. The first-order valence-corrected chi connectivity index (χ1v) is 8.18. The SMILES string of the molecule is CCCOCC1(COCCC)CCC2(CC1)OCCO2. The Balaban J connectivity index is 1.86. The molecule has 1 aliphatic carbocycles. The van der Waals surface area contributed by atoms with E-state index in [2.05, 4.69) is 13.8 Å². The molecule has 1 saturated heterocycles. The van der Waals surface area contributed by atoms with Crippen molar-refractivity contribution >= 4 is 0 Å². The van der Waals surface area contributed by atoms with Gasteiger partial charge in [-0.25, -0.2) is 0 Å². The minimum atomic E-state index is -0.293. The minimum Gasteiger partial charge on any atom is -0.381 e. The van der Waals surface area contributed by atoms with Crippen LogP contribution in [-0.2, 0) is 18.9 Å². The van der Waals surface area contributed by atoms with Gasteiger partial charge in [0.15, 0.2) is 5.79 Å². The standard InChI is InChI=1S/C16H30O4/c1-3-9-17-13-15(14-18-10-4-2)5-7-16(8-6-15)19-11-12-20-16/h3-14H2,1-2H3.